The van der Waals surface area contributed by atoms with Crippen LogP contribution in [0.25, 0.3) is 10.1 Å². The Hall–Kier alpha value is -2.37. The lowest BCUT2D eigenvalue weighted by Crippen LogP contribution is -2.41. The number of carbonyl (C=O) groups is 2. The zero-order valence-corrected chi connectivity index (χ0v) is 15.4. The summed E-state index contributed by atoms with van der Waals surface area (Å²) in [6, 6.07) is 14.8. The molecule has 0 aliphatic rings. The Balaban J connectivity index is 1.68. The van der Waals surface area contributed by atoms with Crippen molar-refractivity contribution in [3.63, 3.8) is 0 Å². The van der Waals surface area contributed by atoms with Crippen LogP contribution in [0.3, 0.4) is 0 Å². The van der Waals surface area contributed by atoms with E-state index in [0.717, 1.165) is 15.6 Å². The highest BCUT2D eigenvalue weighted by molar-refractivity contribution is 7.21. The van der Waals surface area contributed by atoms with E-state index in [1.165, 1.54) is 11.3 Å². The Morgan fingerprint density at radius 3 is 2.24 bits per heavy atom. The number of nitrogens with one attached hydrogen (secondary N) is 2. The second-order valence-corrected chi connectivity index (χ2v) is 7.36. The van der Waals surface area contributed by atoms with E-state index >= 15 is 0 Å². The number of hydrogen-bond acceptors (Lipinski definition) is 3. The van der Waals surface area contributed by atoms with Crippen LogP contribution in [0.4, 0.5) is 0 Å². The molecule has 0 saturated carbocycles. The van der Waals surface area contributed by atoms with Gasteiger partial charge in [0.05, 0.1) is 5.02 Å². The number of halogens is 1. The van der Waals surface area contributed by atoms with Gasteiger partial charge in [-0.2, -0.15) is 0 Å². The SMILES string of the molecule is CC(C)c1ccc(C(=O)NNC(=O)c2sc3ccccc3c2Cl)cc1. The van der Waals surface area contributed by atoms with Crippen molar-refractivity contribution in [3.05, 3.63) is 69.6 Å². The van der Waals surface area contributed by atoms with Crippen molar-refractivity contribution in [2.75, 3.05) is 0 Å². The summed E-state index contributed by atoms with van der Waals surface area (Å²) < 4.78 is 0.924. The lowest BCUT2D eigenvalue weighted by atomic mass is 10.0. The Morgan fingerprint density at radius 2 is 1.60 bits per heavy atom. The highest BCUT2D eigenvalue weighted by Gasteiger charge is 2.17. The third kappa shape index (κ3) is 3.67. The van der Waals surface area contributed by atoms with Gasteiger partial charge in [0.2, 0.25) is 0 Å². The van der Waals surface area contributed by atoms with Crippen LogP contribution in [0.15, 0.2) is 48.5 Å². The van der Waals surface area contributed by atoms with Gasteiger partial charge in [-0.3, -0.25) is 20.4 Å². The molecule has 6 heteroatoms. The molecule has 3 aromatic rings. The van der Waals surface area contributed by atoms with Gasteiger partial charge < -0.3 is 0 Å². The van der Waals surface area contributed by atoms with E-state index in [4.69, 9.17) is 11.6 Å². The summed E-state index contributed by atoms with van der Waals surface area (Å²) in [6.07, 6.45) is 0. The molecule has 25 heavy (non-hydrogen) atoms. The number of benzene rings is 2. The van der Waals surface area contributed by atoms with Crippen molar-refractivity contribution in [1.29, 1.82) is 0 Å². The smallest absolute Gasteiger partial charge is 0.267 e. The largest absolute Gasteiger partial charge is 0.281 e. The van der Waals surface area contributed by atoms with Gasteiger partial charge in [-0.25, -0.2) is 0 Å². The van der Waals surface area contributed by atoms with E-state index in [2.05, 4.69) is 24.7 Å². The second kappa shape index (κ2) is 7.25. The van der Waals surface area contributed by atoms with Gasteiger partial charge in [-0.05, 0) is 29.7 Å². The maximum Gasteiger partial charge on any atom is 0.281 e. The van der Waals surface area contributed by atoms with E-state index in [0.29, 0.717) is 21.4 Å². The maximum atomic E-state index is 12.3. The number of rotatable bonds is 3. The minimum atomic E-state index is -0.432. The molecule has 0 aliphatic heterocycles. The molecule has 1 heterocycles. The molecule has 0 bridgehead atoms. The molecule has 0 atom stereocenters. The fraction of sp³-hybridized carbons (Fsp3) is 0.158. The van der Waals surface area contributed by atoms with E-state index < -0.39 is 5.91 Å². The van der Waals surface area contributed by atoms with Gasteiger partial charge in [-0.1, -0.05) is 55.8 Å². The van der Waals surface area contributed by atoms with Crippen LogP contribution in [0.5, 0.6) is 0 Å². The molecular weight excluding hydrogens is 356 g/mol. The van der Waals surface area contributed by atoms with E-state index in [9.17, 15) is 9.59 Å². The van der Waals surface area contributed by atoms with Crippen molar-refractivity contribution >= 4 is 44.8 Å². The van der Waals surface area contributed by atoms with Crippen molar-refractivity contribution in [1.82, 2.24) is 10.9 Å². The summed E-state index contributed by atoms with van der Waals surface area (Å²) in [5, 5.41) is 1.23. The first-order chi connectivity index (χ1) is 12.0. The van der Waals surface area contributed by atoms with Crippen LogP contribution >= 0.6 is 22.9 Å². The van der Waals surface area contributed by atoms with E-state index in [1.807, 2.05) is 36.4 Å². The number of hydrazine groups is 1. The Morgan fingerprint density at radius 1 is 0.960 bits per heavy atom. The average Bonchev–Trinajstić information content (AvgIpc) is 2.96. The predicted octanol–water partition coefficient (Wildman–Crippen LogP) is 4.75. The highest BCUT2D eigenvalue weighted by atomic mass is 35.5. The number of fused-ring (bicyclic) bond motifs is 1. The summed E-state index contributed by atoms with van der Waals surface area (Å²) in [6.45, 7) is 4.17. The van der Waals surface area contributed by atoms with Crippen molar-refractivity contribution in [2.24, 2.45) is 0 Å². The lowest BCUT2D eigenvalue weighted by Gasteiger charge is -2.08. The summed E-state index contributed by atoms with van der Waals surface area (Å²) in [4.78, 5) is 24.9. The van der Waals surface area contributed by atoms with E-state index in [1.54, 1.807) is 12.1 Å². The van der Waals surface area contributed by atoms with Gasteiger partial charge >= 0.3 is 0 Å². The Bertz CT molecular complexity index is 932. The molecule has 1 aromatic heterocycles. The summed E-state index contributed by atoms with van der Waals surface area (Å²) in [7, 11) is 0. The Kier molecular flexibility index (Phi) is 5.06. The molecule has 0 saturated heterocycles. The van der Waals surface area contributed by atoms with Crippen LogP contribution in [0.2, 0.25) is 5.02 Å². The van der Waals surface area contributed by atoms with Crippen LogP contribution in [-0.2, 0) is 0 Å². The molecule has 2 amide bonds. The zero-order chi connectivity index (χ0) is 18.0. The Labute approximate surface area is 154 Å². The predicted molar refractivity (Wildman–Crippen MR) is 102 cm³/mol. The molecule has 3 rings (SSSR count). The first-order valence-electron chi connectivity index (χ1n) is 7.85. The van der Waals surface area contributed by atoms with Crippen LogP contribution < -0.4 is 10.9 Å². The van der Waals surface area contributed by atoms with Gasteiger partial charge in [0.1, 0.15) is 4.88 Å². The monoisotopic (exact) mass is 372 g/mol. The van der Waals surface area contributed by atoms with Crippen molar-refractivity contribution < 1.29 is 9.59 Å². The molecule has 4 nitrogen and oxygen atoms in total. The molecule has 0 spiro atoms. The minimum absolute atomic E-state index is 0.373. The molecular formula is C19H17ClN2O2S. The molecule has 128 valence electrons. The number of amides is 2. The number of carbonyl (C=O) groups excluding carboxylic acids is 2. The second-order valence-electron chi connectivity index (χ2n) is 5.93. The number of thiophene rings is 1. The molecule has 2 aromatic carbocycles. The maximum absolute atomic E-state index is 12.3. The molecule has 0 unspecified atom stereocenters. The van der Waals surface area contributed by atoms with Crippen molar-refractivity contribution in [3.8, 4) is 0 Å². The average molecular weight is 373 g/mol. The first kappa shape index (κ1) is 17.5. The van der Waals surface area contributed by atoms with Crippen LogP contribution in [0.1, 0.15) is 45.4 Å². The summed E-state index contributed by atoms with van der Waals surface area (Å²) in [5.74, 6) is -0.411. The molecule has 0 radical (unpaired) electrons. The van der Waals surface area contributed by atoms with Crippen molar-refractivity contribution in [2.45, 2.75) is 19.8 Å². The molecule has 0 fully saturated rings. The fourth-order valence-corrected chi connectivity index (χ4v) is 3.83. The summed E-state index contributed by atoms with van der Waals surface area (Å²) >= 11 is 7.56. The standard InChI is InChI=1S/C19H17ClN2O2S/c1-11(2)12-7-9-13(10-8-12)18(23)21-22-19(24)17-16(20)14-5-3-4-6-15(14)25-17/h3-11H,1-2H3,(H,21,23)(H,22,24). The van der Waals surface area contributed by atoms with E-state index in [-0.39, 0.29) is 5.91 Å². The molecule has 2 N–H and O–H groups in total. The van der Waals surface area contributed by atoms with Crippen LogP contribution in [-0.4, -0.2) is 11.8 Å². The number of hydrogen-bond donors (Lipinski definition) is 2. The first-order valence-corrected chi connectivity index (χ1v) is 9.04. The minimum Gasteiger partial charge on any atom is -0.267 e. The zero-order valence-electron chi connectivity index (χ0n) is 13.8. The third-order valence-corrected chi connectivity index (χ3v) is 5.54. The van der Waals surface area contributed by atoms with Gasteiger partial charge in [0.15, 0.2) is 0 Å². The van der Waals surface area contributed by atoms with Crippen LogP contribution in [0, 0.1) is 0 Å². The topological polar surface area (TPSA) is 58.2 Å². The highest BCUT2D eigenvalue weighted by Crippen LogP contribution is 2.34. The normalized spacial score (nSPS) is 10.9. The van der Waals surface area contributed by atoms with Gasteiger partial charge in [0, 0.05) is 15.6 Å². The molecule has 0 aliphatic carbocycles. The van der Waals surface area contributed by atoms with Gasteiger partial charge in [-0.15, -0.1) is 11.3 Å². The van der Waals surface area contributed by atoms with Gasteiger partial charge in [0.25, 0.3) is 11.8 Å². The quantitative estimate of drug-likeness (QED) is 0.651. The lowest BCUT2D eigenvalue weighted by molar-refractivity contribution is 0.0849. The third-order valence-electron chi connectivity index (χ3n) is 3.87. The fourth-order valence-electron chi connectivity index (χ4n) is 2.42. The summed E-state index contributed by atoms with van der Waals surface area (Å²) in [5.41, 5.74) is 6.48.